The van der Waals surface area contributed by atoms with E-state index in [0.717, 1.165) is 37.9 Å². The van der Waals surface area contributed by atoms with Gasteiger partial charge in [-0.15, -0.1) is 0 Å². The highest BCUT2D eigenvalue weighted by molar-refractivity contribution is 5.89. The van der Waals surface area contributed by atoms with Crippen molar-refractivity contribution in [3.63, 3.8) is 0 Å². The zero-order chi connectivity index (χ0) is 25.1. The van der Waals surface area contributed by atoms with Gasteiger partial charge in [0.05, 0.1) is 18.2 Å². The maximum atomic E-state index is 12.3. The third-order valence-corrected chi connectivity index (χ3v) is 5.82. The molecule has 1 saturated carbocycles. The summed E-state index contributed by atoms with van der Waals surface area (Å²) in [5.41, 5.74) is 0.559. The van der Waals surface area contributed by atoms with Crippen LogP contribution < -0.4 is 10.2 Å². The molecule has 1 aromatic rings. The largest absolute Gasteiger partial charge is 0.478 e. The minimum atomic E-state index is -1.26. The molecular formula is C23H28N6O5. The SMILES string of the molecule is CN(c1ccc(C#N)cn1)C1CCC(NCC(=O)N2CCC[C@H]2C#N)C1.O=C(O)C=CC(=O)O. The highest BCUT2D eigenvalue weighted by atomic mass is 16.4. The van der Waals surface area contributed by atoms with E-state index in [1.807, 2.05) is 13.1 Å². The maximum Gasteiger partial charge on any atom is 0.328 e. The topological polar surface area (TPSA) is 171 Å². The van der Waals surface area contributed by atoms with Gasteiger partial charge in [-0.2, -0.15) is 10.5 Å². The van der Waals surface area contributed by atoms with Crippen LogP contribution in [0.25, 0.3) is 0 Å². The molecule has 180 valence electrons. The molecule has 2 unspecified atom stereocenters. The van der Waals surface area contributed by atoms with Crippen molar-refractivity contribution >= 4 is 23.7 Å². The molecule has 1 saturated heterocycles. The lowest BCUT2D eigenvalue weighted by atomic mass is 10.2. The van der Waals surface area contributed by atoms with Gasteiger partial charge in [0, 0.05) is 44.0 Å². The van der Waals surface area contributed by atoms with Crippen molar-refractivity contribution in [2.24, 2.45) is 0 Å². The second-order valence-electron chi connectivity index (χ2n) is 8.06. The van der Waals surface area contributed by atoms with Crippen molar-refractivity contribution in [2.45, 2.75) is 50.2 Å². The molecule has 1 aromatic heterocycles. The monoisotopic (exact) mass is 468 g/mol. The van der Waals surface area contributed by atoms with E-state index in [0.29, 0.717) is 42.9 Å². The minimum absolute atomic E-state index is 0.0274. The average Bonchev–Trinajstić information content (AvgIpc) is 3.51. The Morgan fingerprint density at radius 2 is 1.91 bits per heavy atom. The summed E-state index contributed by atoms with van der Waals surface area (Å²) >= 11 is 0. The number of anilines is 1. The van der Waals surface area contributed by atoms with E-state index in [1.54, 1.807) is 17.2 Å². The third-order valence-electron chi connectivity index (χ3n) is 5.82. The fourth-order valence-corrected chi connectivity index (χ4v) is 4.02. The van der Waals surface area contributed by atoms with Gasteiger partial charge in [-0.25, -0.2) is 14.6 Å². The molecule has 11 nitrogen and oxygen atoms in total. The number of carboxylic acids is 2. The van der Waals surface area contributed by atoms with Crippen LogP contribution in [-0.2, 0) is 14.4 Å². The number of aromatic nitrogens is 1. The number of pyridine rings is 1. The van der Waals surface area contributed by atoms with E-state index in [1.165, 1.54) is 0 Å². The molecule has 3 rings (SSSR count). The van der Waals surface area contributed by atoms with Crippen LogP contribution in [0.2, 0.25) is 0 Å². The number of nitrogens with one attached hydrogen (secondary N) is 1. The van der Waals surface area contributed by atoms with Crippen molar-refractivity contribution in [2.75, 3.05) is 25.0 Å². The molecule has 2 heterocycles. The molecule has 0 bridgehead atoms. The molecule has 1 aliphatic carbocycles. The number of hydrogen-bond acceptors (Lipinski definition) is 8. The van der Waals surface area contributed by atoms with Gasteiger partial charge in [-0.1, -0.05) is 0 Å². The summed E-state index contributed by atoms with van der Waals surface area (Å²) in [6, 6.07) is 8.36. The van der Waals surface area contributed by atoms with Gasteiger partial charge in [0.2, 0.25) is 5.91 Å². The van der Waals surface area contributed by atoms with Gasteiger partial charge in [-0.05, 0) is 44.2 Å². The normalized spacial score (nSPS) is 21.3. The molecule has 1 amide bonds. The summed E-state index contributed by atoms with van der Waals surface area (Å²) in [5, 5.41) is 37.0. The van der Waals surface area contributed by atoms with Crippen LogP contribution >= 0.6 is 0 Å². The highest BCUT2D eigenvalue weighted by Crippen LogP contribution is 2.26. The van der Waals surface area contributed by atoms with Crippen LogP contribution in [0.3, 0.4) is 0 Å². The fourth-order valence-electron chi connectivity index (χ4n) is 4.02. The number of carbonyl (C=O) groups is 3. The first-order chi connectivity index (χ1) is 16.2. The first-order valence-corrected chi connectivity index (χ1v) is 10.9. The number of amides is 1. The zero-order valence-corrected chi connectivity index (χ0v) is 18.9. The Morgan fingerprint density at radius 3 is 2.47 bits per heavy atom. The number of likely N-dealkylation sites (tertiary alicyclic amines) is 1. The van der Waals surface area contributed by atoms with Gasteiger partial charge in [0.15, 0.2) is 0 Å². The van der Waals surface area contributed by atoms with Crippen molar-refractivity contribution in [3.05, 3.63) is 36.0 Å². The Kier molecular flexibility index (Phi) is 9.99. The van der Waals surface area contributed by atoms with E-state index < -0.39 is 11.9 Å². The predicted molar refractivity (Wildman–Crippen MR) is 122 cm³/mol. The number of carboxylic acid groups (broad SMARTS) is 2. The second-order valence-corrected chi connectivity index (χ2v) is 8.06. The molecule has 2 fully saturated rings. The van der Waals surface area contributed by atoms with Crippen molar-refractivity contribution in [1.82, 2.24) is 15.2 Å². The van der Waals surface area contributed by atoms with E-state index in [-0.39, 0.29) is 11.9 Å². The van der Waals surface area contributed by atoms with Crippen molar-refractivity contribution in [1.29, 1.82) is 10.5 Å². The summed E-state index contributed by atoms with van der Waals surface area (Å²) < 4.78 is 0. The Morgan fingerprint density at radius 1 is 1.21 bits per heavy atom. The minimum Gasteiger partial charge on any atom is -0.478 e. The van der Waals surface area contributed by atoms with Gasteiger partial charge in [0.1, 0.15) is 17.9 Å². The molecule has 0 spiro atoms. The Labute approximate surface area is 197 Å². The lowest BCUT2D eigenvalue weighted by molar-refractivity contribution is -0.134. The first kappa shape index (κ1) is 26.3. The number of rotatable bonds is 7. The molecule has 0 aromatic carbocycles. The molecular weight excluding hydrogens is 440 g/mol. The number of nitrogens with zero attached hydrogens (tertiary/aromatic N) is 5. The molecule has 0 radical (unpaired) electrons. The van der Waals surface area contributed by atoms with Gasteiger partial charge >= 0.3 is 11.9 Å². The molecule has 2 aliphatic rings. The van der Waals surface area contributed by atoms with Crippen LogP contribution in [0.5, 0.6) is 0 Å². The standard InChI is InChI=1S/C19H24N6O.C4H4O4/c1-24(18-7-4-14(10-20)12-23-18)16-6-5-15(9-16)22-13-19(26)25-8-2-3-17(25)11-21;5-3(6)1-2-4(7)8/h4,7,12,15-17,22H,2-3,5-6,8-9,13H2,1H3;1-2H,(H,5,6)(H,7,8)/t15?,16?,17-;/m0./s1. The lowest BCUT2D eigenvalue weighted by Crippen LogP contribution is -2.43. The molecule has 1 aliphatic heterocycles. The molecule has 11 heteroatoms. The van der Waals surface area contributed by atoms with E-state index in [4.69, 9.17) is 20.7 Å². The predicted octanol–water partition coefficient (Wildman–Crippen LogP) is 1.13. The van der Waals surface area contributed by atoms with Crippen molar-refractivity contribution in [3.8, 4) is 12.1 Å². The molecule has 3 N–H and O–H groups in total. The summed E-state index contributed by atoms with van der Waals surface area (Å²) in [7, 11) is 2.02. The summed E-state index contributed by atoms with van der Waals surface area (Å²) in [6.45, 7) is 0.994. The Bertz CT molecular complexity index is 965. The quantitative estimate of drug-likeness (QED) is 0.493. The van der Waals surface area contributed by atoms with E-state index in [9.17, 15) is 14.4 Å². The van der Waals surface area contributed by atoms with Crippen LogP contribution in [0.1, 0.15) is 37.7 Å². The van der Waals surface area contributed by atoms with Crippen molar-refractivity contribution < 1.29 is 24.6 Å². The van der Waals surface area contributed by atoms with Crippen LogP contribution in [-0.4, -0.2) is 76.2 Å². The number of aliphatic carboxylic acids is 2. The maximum absolute atomic E-state index is 12.3. The van der Waals surface area contributed by atoms with E-state index in [2.05, 4.69) is 27.3 Å². The second kappa shape index (κ2) is 12.9. The zero-order valence-electron chi connectivity index (χ0n) is 18.9. The summed E-state index contributed by atoms with van der Waals surface area (Å²) in [5.74, 6) is -1.63. The summed E-state index contributed by atoms with van der Waals surface area (Å²) in [4.78, 5) is 39.6. The van der Waals surface area contributed by atoms with Crippen LogP contribution in [0, 0.1) is 22.7 Å². The van der Waals surface area contributed by atoms with Crippen LogP contribution in [0.4, 0.5) is 5.82 Å². The fraction of sp³-hybridized carbons (Fsp3) is 0.478. The molecule has 34 heavy (non-hydrogen) atoms. The lowest BCUT2D eigenvalue weighted by Gasteiger charge is -2.26. The average molecular weight is 469 g/mol. The van der Waals surface area contributed by atoms with Crippen LogP contribution in [0.15, 0.2) is 30.5 Å². The smallest absolute Gasteiger partial charge is 0.328 e. The third kappa shape index (κ3) is 7.87. The first-order valence-electron chi connectivity index (χ1n) is 10.9. The van der Waals surface area contributed by atoms with Gasteiger partial charge in [-0.3, -0.25) is 4.79 Å². The molecule has 3 atom stereocenters. The van der Waals surface area contributed by atoms with Gasteiger partial charge in [0.25, 0.3) is 0 Å². The summed E-state index contributed by atoms with van der Waals surface area (Å²) in [6.07, 6.45) is 7.41. The number of carbonyl (C=O) groups excluding carboxylic acids is 1. The highest BCUT2D eigenvalue weighted by Gasteiger charge is 2.31. The number of hydrogen-bond donors (Lipinski definition) is 3. The van der Waals surface area contributed by atoms with E-state index >= 15 is 0 Å². The number of nitriles is 2. The Balaban J connectivity index is 0.000000440. The van der Waals surface area contributed by atoms with Gasteiger partial charge < -0.3 is 25.3 Å². The Hall–Kier alpha value is -3.96.